The molecule has 3 fully saturated rings. The Hall–Kier alpha value is -4.29. The third-order valence-corrected chi connectivity index (χ3v) is 6.88. The molecule has 0 aromatic carbocycles. The Morgan fingerprint density at radius 2 is 2.08 bits per heavy atom. The molecule has 3 saturated carbocycles. The highest BCUT2D eigenvalue weighted by Crippen LogP contribution is 2.51. The molecule has 39 heavy (non-hydrogen) atoms. The van der Waals surface area contributed by atoms with Gasteiger partial charge >= 0.3 is 5.97 Å². The first kappa shape index (κ1) is 27.7. The number of aromatic amines is 1. The van der Waals surface area contributed by atoms with Crippen LogP contribution in [0.2, 0.25) is 0 Å². The highest BCUT2D eigenvalue weighted by Gasteiger charge is 2.50. The van der Waals surface area contributed by atoms with Crippen LogP contribution in [0.15, 0.2) is 41.5 Å². The number of nitrogens with one attached hydrogen (secondary N) is 4. The Morgan fingerprint density at radius 3 is 2.74 bits per heavy atom. The summed E-state index contributed by atoms with van der Waals surface area (Å²) in [6.07, 6.45) is 9.65. The molecule has 208 valence electrons. The van der Waals surface area contributed by atoms with E-state index in [9.17, 15) is 24.0 Å². The Labute approximate surface area is 224 Å². The molecule has 5 rings (SSSR count). The first-order valence-corrected chi connectivity index (χ1v) is 13.0. The highest BCUT2D eigenvalue weighted by atomic mass is 16.5. The van der Waals surface area contributed by atoms with Crippen LogP contribution in [0.5, 0.6) is 0 Å². The molecule has 13 heteroatoms. The Kier molecular flexibility index (Phi) is 8.57. The van der Waals surface area contributed by atoms with Crippen LogP contribution < -0.4 is 21.5 Å². The molecule has 2 aromatic rings. The molecular formula is C26H33N7O6. The van der Waals surface area contributed by atoms with Gasteiger partial charge in [-0.25, -0.2) is 4.79 Å². The predicted molar refractivity (Wildman–Crippen MR) is 139 cm³/mol. The van der Waals surface area contributed by atoms with Gasteiger partial charge < -0.3 is 25.3 Å². The van der Waals surface area contributed by atoms with E-state index in [1.54, 1.807) is 19.9 Å². The highest BCUT2D eigenvalue weighted by molar-refractivity contribution is 6.00. The van der Waals surface area contributed by atoms with Gasteiger partial charge in [-0.3, -0.25) is 19.2 Å². The van der Waals surface area contributed by atoms with Gasteiger partial charge in [0.15, 0.2) is 5.69 Å². The molecule has 3 aliphatic carbocycles. The summed E-state index contributed by atoms with van der Waals surface area (Å²) in [4.78, 5) is 63.0. The molecule has 3 amide bonds. The third-order valence-electron chi connectivity index (χ3n) is 6.88. The lowest BCUT2D eigenvalue weighted by Gasteiger charge is -2.39. The van der Waals surface area contributed by atoms with E-state index in [2.05, 4.69) is 31.4 Å². The van der Waals surface area contributed by atoms with Crippen molar-refractivity contribution in [3.63, 3.8) is 0 Å². The Bertz CT molecular complexity index is 1290. The van der Waals surface area contributed by atoms with Crippen LogP contribution in [0.25, 0.3) is 0 Å². The van der Waals surface area contributed by atoms with E-state index in [0.29, 0.717) is 5.92 Å². The number of aromatic nitrogens is 4. The van der Waals surface area contributed by atoms with Crippen LogP contribution >= 0.6 is 0 Å². The SMILES string of the molecule is CC(C)OC(=O)/C=C/CC[C@H](NC(=O)c1cn[nH]n1)C(=O)Nc1cccn(CC(=O)NC23CCC(C2)C3)c1=O. The molecule has 0 spiro atoms. The van der Waals surface area contributed by atoms with Crippen molar-refractivity contribution in [3.05, 3.63) is 52.7 Å². The number of esters is 1. The molecule has 4 N–H and O–H groups in total. The normalized spacial score (nSPS) is 20.3. The standard InChI is InChI=1S/C26H33N7O6/c1-16(2)39-22(35)8-4-3-6-18(28-24(37)20-14-27-32-31-20)23(36)29-19-7-5-11-33(25(19)38)15-21(34)30-26-10-9-17(12-26)13-26/h4-5,7-8,11,14,16-18H,3,6,9-10,12-13,15H2,1-2H3,(H,28,37)(H,29,36)(H,30,34)(H,27,31,32)/b8-4+/t17?,18-,26?/m0/s1. The predicted octanol–water partition coefficient (Wildman–Crippen LogP) is 1.05. The Morgan fingerprint density at radius 1 is 1.28 bits per heavy atom. The maximum absolute atomic E-state index is 13.1. The van der Waals surface area contributed by atoms with Crippen LogP contribution in [0.1, 0.15) is 62.9 Å². The van der Waals surface area contributed by atoms with Crippen molar-refractivity contribution in [1.29, 1.82) is 0 Å². The molecule has 2 bridgehead atoms. The van der Waals surface area contributed by atoms with Gasteiger partial charge in [-0.05, 0) is 70.4 Å². The monoisotopic (exact) mass is 539 g/mol. The van der Waals surface area contributed by atoms with Gasteiger partial charge in [0.1, 0.15) is 18.3 Å². The number of ether oxygens (including phenoxy) is 1. The van der Waals surface area contributed by atoms with Crippen LogP contribution in [0.3, 0.4) is 0 Å². The lowest BCUT2D eigenvalue weighted by atomic mass is 9.77. The number of H-pyrrole nitrogens is 1. The average molecular weight is 540 g/mol. The number of carbonyl (C=O) groups excluding carboxylic acids is 4. The van der Waals surface area contributed by atoms with Crippen molar-refractivity contribution in [2.24, 2.45) is 5.92 Å². The molecule has 2 aromatic heterocycles. The van der Waals surface area contributed by atoms with Crippen molar-refractivity contribution in [2.75, 3.05) is 5.32 Å². The van der Waals surface area contributed by atoms with Crippen molar-refractivity contribution in [2.45, 2.75) is 76.6 Å². The smallest absolute Gasteiger partial charge is 0.330 e. The number of nitrogens with zero attached hydrogens (tertiary/aromatic N) is 3. The zero-order chi connectivity index (χ0) is 28.0. The van der Waals surface area contributed by atoms with Crippen molar-refractivity contribution in [1.82, 2.24) is 30.6 Å². The summed E-state index contributed by atoms with van der Waals surface area (Å²) in [7, 11) is 0. The summed E-state index contributed by atoms with van der Waals surface area (Å²) in [6, 6.07) is 1.92. The number of fused-ring (bicyclic) bond motifs is 1. The molecule has 3 aliphatic rings. The van der Waals surface area contributed by atoms with Gasteiger partial charge in [0, 0.05) is 17.8 Å². The van der Waals surface area contributed by atoms with Crippen molar-refractivity contribution < 1.29 is 23.9 Å². The number of hydrogen-bond donors (Lipinski definition) is 4. The quantitative estimate of drug-likeness (QED) is 0.228. The van der Waals surface area contributed by atoms with Crippen molar-refractivity contribution in [3.8, 4) is 0 Å². The van der Waals surface area contributed by atoms with Crippen LogP contribution in [-0.4, -0.2) is 61.4 Å². The summed E-state index contributed by atoms with van der Waals surface area (Å²) in [5.74, 6) is -1.36. The maximum atomic E-state index is 13.1. The number of carbonyl (C=O) groups is 4. The topological polar surface area (TPSA) is 177 Å². The maximum Gasteiger partial charge on any atom is 0.330 e. The number of amides is 3. The molecule has 0 aliphatic heterocycles. The minimum Gasteiger partial charge on any atom is -0.460 e. The lowest BCUT2D eigenvalue weighted by molar-refractivity contribution is -0.141. The summed E-state index contributed by atoms with van der Waals surface area (Å²) in [6.45, 7) is 3.29. The second kappa shape index (κ2) is 12.0. The second-order valence-corrected chi connectivity index (χ2v) is 10.3. The molecule has 1 atom stereocenters. The summed E-state index contributed by atoms with van der Waals surface area (Å²) in [5.41, 5.74) is -0.729. The minimum absolute atomic E-state index is 0.0172. The molecule has 13 nitrogen and oxygen atoms in total. The van der Waals surface area contributed by atoms with Gasteiger partial charge in [0.05, 0.1) is 12.3 Å². The van der Waals surface area contributed by atoms with E-state index >= 15 is 0 Å². The van der Waals surface area contributed by atoms with Gasteiger partial charge in [-0.1, -0.05) is 6.08 Å². The summed E-state index contributed by atoms with van der Waals surface area (Å²) in [5, 5.41) is 17.8. The van der Waals surface area contributed by atoms with Gasteiger partial charge in [-0.2, -0.15) is 15.4 Å². The first-order valence-electron chi connectivity index (χ1n) is 13.0. The molecule has 0 radical (unpaired) electrons. The van der Waals surface area contributed by atoms with E-state index in [4.69, 9.17) is 4.74 Å². The second-order valence-electron chi connectivity index (χ2n) is 10.3. The molecule has 2 heterocycles. The van der Waals surface area contributed by atoms with Crippen molar-refractivity contribution >= 4 is 29.4 Å². The Balaban J connectivity index is 1.40. The number of hydrogen-bond acceptors (Lipinski definition) is 8. The van der Waals surface area contributed by atoms with E-state index in [0.717, 1.165) is 25.7 Å². The van der Waals surface area contributed by atoms with Gasteiger partial charge in [0.2, 0.25) is 11.8 Å². The van der Waals surface area contributed by atoms with Crippen LogP contribution in [0.4, 0.5) is 5.69 Å². The fraction of sp³-hybridized carbons (Fsp3) is 0.500. The lowest BCUT2D eigenvalue weighted by Crippen LogP contribution is -2.53. The fourth-order valence-corrected chi connectivity index (χ4v) is 5.09. The summed E-state index contributed by atoms with van der Waals surface area (Å²) >= 11 is 0. The zero-order valence-corrected chi connectivity index (χ0v) is 21.9. The third kappa shape index (κ3) is 7.18. The minimum atomic E-state index is -1.07. The largest absolute Gasteiger partial charge is 0.460 e. The number of allylic oxidation sites excluding steroid dienone is 1. The number of rotatable bonds is 12. The number of pyridine rings is 1. The number of anilines is 1. The van der Waals surface area contributed by atoms with E-state index in [1.165, 1.54) is 35.2 Å². The van der Waals surface area contributed by atoms with E-state index in [-0.39, 0.29) is 48.3 Å². The van der Waals surface area contributed by atoms with Crippen LogP contribution in [-0.2, 0) is 25.7 Å². The van der Waals surface area contributed by atoms with Gasteiger partial charge in [-0.15, -0.1) is 0 Å². The zero-order valence-electron chi connectivity index (χ0n) is 21.9. The fourth-order valence-electron chi connectivity index (χ4n) is 5.09. The molecule has 0 unspecified atom stereocenters. The molecular weight excluding hydrogens is 506 g/mol. The molecule has 0 saturated heterocycles. The van der Waals surface area contributed by atoms with Crippen LogP contribution in [0, 0.1) is 5.92 Å². The average Bonchev–Trinajstić information content (AvgIpc) is 3.61. The van der Waals surface area contributed by atoms with E-state index < -0.39 is 29.4 Å². The first-order chi connectivity index (χ1) is 18.6. The van der Waals surface area contributed by atoms with Gasteiger partial charge in [0.25, 0.3) is 11.5 Å². The summed E-state index contributed by atoms with van der Waals surface area (Å²) < 4.78 is 6.27. The van der Waals surface area contributed by atoms with E-state index in [1.807, 2.05) is 0 Å².